The molecule has 18 heteroatoms. The van der Waals surface area contributed by atoms with Crippen molar-refractivity contribution in [2.75, 3.05) is 0 Å². The molecule has 10 nitrogen and oxygen atoms in total. The van der Waals surface area contributed by atoms with Gasteiger partial charge >= 0.3 is 62.6 Å². The molecule has 9 aliphatic carbocycles. The Morgan fingerprint density at radius 2 is 0.844 bits per heavy atom. The smallest absolute Gasteiger partial charge is 0.416 e. The lowest BCUT2D eigenvalue weighted by atomic mass is 9.91. The van der Waals surface area contributed by atoms with Gasteiger partial charge in [-0.1, -0.05) is 108 Å². The number of rotatable bonds is 12. The van der Waals surface area contributed by atoms with Crippen LogP contribution in [0.2, 0.25) is 57.9 Å². The van der Waals surface area contributed by atoms with E-state index < -0.39 is 70.9 Å². The second-order valence-electron chi connectivity index (χ2n) is 24.2. The van der Waals surface area contributed by atoms with Crippen molar-refractivity contribution in [2.45, 2.75) is 257 Å². The summed E-state index contributed by atoms with van der Waals surface area (Å²) in [5, 5.41) is 0. The van der Waals surface area contributed by atoms with Gasteiger partial charge in [0.1, 0.15) is 0 Å². The normalized spacial score (nSPS) is 45.9. The standard InChI is InChI=1S/C46H84O10Si8/c1-59(2,34-33-39-36-37-31-32-38(39)35-37)51-63(45-27-13-14-28-45)53-61(43-23-9-10-24-43)49-57(40-17-3-4-18-40)47-60(42-21-7-8-22-42)48-58(41-19-5-6-20-41)50-62(54-63,44-25-11-12-26-44)56-64(52-60,55-61)46-29-15-16-30-46/h31-32,37-46,57-58H,3-30,33-36H2,1-2H3. The van der Waals surface area contributed by atoms with E-state index in [4.69, 9.17) is 41.2 Å². The third-order valence-electron chi connectivity index (χ3n) is 19.3. The Morgan fingerprint density at radius 1 is 0.453 bits per heavy atom. The van der Waals surface area contributed by atoms with Gasteiger partial charge in [-0.15, -0.1) is 0 Å². The Morgan fingerprint density at radius 3 is 1.28 bits per heavy atom. The van der Waals surface area contributed by atoms with Gasteiger partial charge in [0.15, 0.2) is 8.32 Å². The van der Waals surface area contributed by atoms with Crippen LogP contribution in [-0.2, 0) is 41.2 Å². The number of allylic oxidation sites excluding steroid dienone is 2. The number of hydrogen-bond donors (Lipinski definition) is 0. The Kier molecular flexibility index (Phi) is 13.4. The van der Waals surface area contributed by atoms with E-state index in [2.05, 4.69) is 25.2 Å². The zero-order valence-electron chi connectivity index (χ0n) is 39.8. The number of fused-ring (bicyclic) bond motifs is 5. The van der Waals surface area contributed by atoms with Gasteiger partial charge in [0, 0.05) is 27.7 Å². The first-order valence-electron chi connectivity index (χ1n) is 27.8. The minimum atomic E-state index is -3.77. The Bertz CT molecular complexity index is 1600. The van der Waals surface area contributed by atoms with Crippen molar-refractivity contribution in [1.82, 2.24) is 0 Å². The molecule has 7 unspecified atom stereocenters. The lowest BCUT2D eigenvalue weighted by Crippen LogP contribution is -2.82. The van der Waals surface area contributed by atoms with E-state index in [1.807, 2.05) is 0 Å². The molecule has 0 amide bonds. The summed E-state index contributed by atoms with van der Waals surface area (Å²) in [5.74, 6) is 2.30. The summed E-state index contributed by atoms with van der Waals surface area (Å²) in [6.45, 7) is 5.03. The maximum atomic E-state index is 8.65. The molecule has 3 saturated heterocycles. The van der Waals surface area contributed by atoms with Crippen LogP contribution in [0.5, 0.6) is 0 Å². The molecular formula is C46H84O10Si8. The monoisotopic (exact) mass is 1020 g/mol. The zero-order chi connectivity index (χ0) is 43.0. The molecule has 3 aliphatic heterocycles. The fourth-order valence-electron chi connectivity index (χ4n) is 15.8. The third-order valence-corrected chi connectivity index (χ3v) is 55.3. The van der Waals surface area contributed by atoms with Gasteiger partial charge in [0.25, 0.3) is 0 Å². The molecule has 0 aromatic heterocycles. The van der Waals surface area contributed by atoms with Crippen LogP contribution in [0.15, 0.2) is 12.2 Å². The van der Waals surface area contributed by atoms with Crippen molar-refractivity contribution in [3.8, 4) is 0 Å². The van der Waals surface area contributed by atoms with Gasteiger partial charge in [-0.05, 0) is 151 Å². The van der Waals surface area contributed by atoms with Crippen molar-refractivity contribution in [3.05, 3.63) is 12.2 Å². The topological polar surface area (TPSA) is 92.3 Å². The van der Waals surface area contributed by atoms with E-state index in [0.717, 1.165) is 114 Å². The molecule has 0 radical (unpaired) electrons. The molecule has 0 aromatic carbocycles. The van der Waals surface area contributed by atoms with Crippen LogP contribution in [0.1, 0.15) is 199 Å². The van der Waals surface area contributed by atoms with Crippen LogP contribution in [0.4, 0.5) is 0 Å². The van der Waals surface area contributed by atoms with E-state index in [0.29, 0.717) is 11.1 Å². The lowest BCUT2D eigenvalue weighted by Gasteiger charge is -2.61. The van der Waals surface area contributed by atoms with Crippen molar-refractivity contribution < 1.29 is 41.2 Å². The Balaban J connectivity index is 1.06. The summed E-state index contributed by atoms with van der Waals surface area (Å²) < 4.78 is 84.4. The van der Waals surface area contributed by atoms with Gasteiger partial charge < -0.3 is 41.2 Å². The zero-order valence-corrected chi connectivity index (χ0v) is 48.1. The van der Waals surface area contributed by atoms with Gasteiger partial charge in [-0.2, -0.15) is 0 Å². The van der Waals surface area contributed by atoms with Crippen LogP contribution in [0.3, 0.4) is 0 Å². The molecule has 64 heavy (non-hydrogen) atoms. The minimum absolute atomic E-state index is 0.159. The fourth-order valence-corrected chi connectivity index (χ4v) is 64.6. The Labute approximate surface area is 396 Å². The van der Waals surface area contributed by atoms with Crippen LogP contribution in [-0.4, -0.2) is 70.9 Å². The summed E-state index contributed by atoms with van der Waals surface area (Å²) in [6.07, 6.45) is 41.3. The highest BCUT2D eigenvalue weighted by Gasteiger charge is 2.80. The molecule has 0 aromatic rings. The average molecular weight is 1020 g/mol. The van der Waals surface area contributed by atoms with Crippen LogP contribution < -0.4 is 0 Å². The SMILES string of the molecule is C[Si](C)(CCC1CC2C=CC1C2)O[Si]1(C2CCCC2)O[Si]2(C3CCCC3)O[SiH](C3CCCC3)O[Si]3(C4CCCC4)O[SiH](C4CCCC4)O[Si](C4CCCC4)(O1)O[Si](C1CCCC1)(O3)O2. The molecule has 12 aliphatic rings. The quantitative estimate of drug-likeness (QED) is 0.139. The fraction of sp³-hybridized carbons (Fsp3) is 0.957. The number of hydrogen-bond acceptors (Lipinski definition) is 10. The summed E-state index contributed by atoms with van der Waals surface area (Å²) >= 11 is 0. The van der Waals surface area contributed by atoms with Crippen LogP contribution in [0.25, 0.3) is 0 Å². The molecule has 360 valence electrons. The second kappa shape index (κ2) is 18.6. The molecule has 0 spiro atoms. The highest BCUT2D eigenvalue weighted by Crippen LogP contribution is 2.61. The minimum Gasteiger partial charge on any atom is -0.416 e. The summed E-state index contributed by atoms with van der Waals surface area (Å²) in [6, 6.07) is 1.13. The van der Waals surface area contributed by atoms with Crippen molar-refractivity contribution in [3.63, 3.8) is 0 Å². The molecule has 7 atom stereocenters. The van der Waals surface area contributed by atoms with E-state index in [9.17, 15) is 0 Å². The van der Waals surface area contributed by atoms with Crippen LogP contribution >= 0.6 is 0 Å². The summed E-state index contributed by atoms with van der Waals surface area (Å²) in [5.41, 5.74) is 1.79. The largest absolute Gasteiger partial charge is 0.482 e. The third kappa shape index (κ3) is 8.71. The van der Waals surface area contributed by atoms with Gasteiger partial charge in [-0.3, -0.25) is 0 Å². The van der Waals surface area contributed by atoms with Gasteiger partial charge in [-0.25, -0.2) is 0 Å². The first-order chi connectivity index (χ1) is 31.2. The summed E-state index contributed by atoms with van der Waals surface area (Å²) in [7, 11) is -25.9. The predicted molar refractivity (Wildman–Crippen MR) is 265 cm³/mol. The van der Waals surface area contributed by atoms with Crippen molar-refractivity contribution in [2.24, 2.45) is 17.8 Å². The molecule has 0 N–H and O–H groups in total. The molecular weight excluding hydrogens is 937 g/mol. The van der Waals surface area contributed by atoms with E-state index >= 15 is 0 Å². The predicted octanol–water partition coefficient (Wildman–Crippen LogP) is 12.7. The first-order valence-corrected chi connectivity index (χ1v) is 43.1. The molecule has 8 saturated carbocycles. The highest BCUT2D eigenvalue weighted by atomic mass is 28.6. The van der Waals surface area contributed by atoms with Crippen LogP contribution in [0, 0.1) is 17.8 Å². The molecule has 11 fully saturated rings. The average Bonchev–Trinajstić information content (AvgIpc) is 4.13. The van der Waals surface area contributed by atoms with Crippen molar-refractivity contribution >= 4 is 70.9 Å². The summed E-state index contributed by atoms with van der Waals surface area (Å²) in [4.78, 5) is 0. The maximum Gasteiger partial charge on any atom is 0.482 e. The lowest BCUT2D eigenvalue weighted by molar-refractivity contribution is 0.0197. The van der Waals surface area contributed by atoms with Crippen molar-refractivity contribution in [1.29, 1.82) is 0 Å². The van der Waals surface area contributed by atoms with E-state index in [1.165, 1.54) is 109 Å². The van der Waals surface area contributed by atoms with Gasteiger partial charge in [0.05, 0.1) is 0 Å². The van der Waals surface area contributed by atoms with Gasteiger partial charge in [0.2, 0.25) is 0 Å². The maximum absolute atomic E-state index is 8.65. The molecule has 12 rings (SSSR count). The molecule has 3 heterocycles. The van der Waals surface area contributed by atoms with E-state index in [-0.39, 0.29) is 27.7 Å². The Hall–Kier alpha value is 1.08. The first kappa shape index (κ1) is 46.2. The van der Waals surface area contributed by atoms with E-state index in [1.54, 1.807) is 0 Å². The molecule has 6 bridgehead atoms. The second-order valence-corrected chi connectivity index (χ2v) is 50.3. The highest BCUT2D eigenvalue weighted by molar-refractivity contribution is 6.98.